The first-order valence-electron chi connectivity index (χ1n) is 5.86. The normalized spacial score (nSPS) is 10.2. The highest BCUT2D eigenvalue weighted by atomic mass is 15.1. The number of aryl methyl sites for hydroxylation is 2. The molecule has 0 bridgehead atoms. The molecule has 0 saturated carbocycles. The molecule has 0 aliphatic carbocycles. The van der Waals surface area contributed by atoms with Crippen LogP contribution in [0.25, 0.3) is 0 Å². The Morgan fingerprint density at radius 1 is 1.17 bits per heavy atom. The standard InChI is InChI=1S/C13H17N5/c1-9-5-4-6-15-11(9)8-16-12-10(2)7-17-13(14-3)18-12/h4-7H,8H2,1-3H3,(H2,14,16,17,18). The fourth-order valence-electron chi connectivity index (χ4n) is 1.61. The van der Waals surface area contributed by atoms with Crippen molar-refractivity contribution in [2.24, 2.45) is 0 Å². The molecular weight excluding hydrogens is 226 g/mol. The summed E-state index contributed by atoms with van der Waals surface area (Å²) in [7, 11) is 1.80. The number of pyridine rings is 1. The predicted molar refractivity (Wildman–Crippen MR) is 72.6 cm³/mol. The Morgan fingerprint density at radius 2 is 2.00 bits per heavy atom. The van der Waals surface area contributed by atoms with Crippen molar-refractivity contribution >= 4 is 11.8 Å². The van der Waals surface area contributed by atoms with Crippen molar-refractivity contribution in [3.05, 3.63) is 41.3 Å². The lowest BCUT2D eigenvalue weighted by Gasteiger charge is -2.10. The second-order valence-electron chi connectivity index (χ2n) is 4.10. The fourth-order valence-corrected chi connectivity index (χ4v) is 1.61. The molecule has 0 unspecified atom stereocenters. The fraction of sp³-hybridized carbons (Fsp3) is 0.308. The second kappa shape index (κ2) is 5.44. The minimum Gasteiger partial charge on any atom is -0.364 e. The van der Waals surface area contributed by atoms with Crippen LogP contribution < -0.4 is 10.6 Å². The molecule has 0 aliphatic rings. The van der Waals surface area contributed by atoms with Crippen molar-refractivity contribution < 1.29 is 0 Å². The first-order valence-corrected chi connectivity index (χ1v) is 5.86. The van der Waals surface area contributed by atoms with Crippen LogP contribution in [0.1, 0.15) is 16.8 Å². The summed E-state index contributed by atoms with van der Waals surface area (Å²) in [4.78, 5) is 12.9. The Morgan fingerprint density at radius 3 is 2.72 bits per heavy atom. The average Bonchev–Trinajstić information content (AvgIpc) is 2.39. The van der Waals surface area contributed by atoms with Gasteiger partial charge in [-0.25, -0.2) is 4.98 Å². The maximum absolute atomic E-state index is 4.37. The van der Waals surface area contributed by atoms with E-state index in [2.05, 4.69) is 38.6 Å². The maximum Gasteiger partial charge on any atom is 0.224 e. The van der Waals surface area contributed by atoms with Crippen LogP contribution in [0.2, 0.25) is 0 Å². The summed E-state index contributed by atoms with van der Waals surface area (Å²) in [5.74, 6) is 1.44. The van der Waals surface area contributed by atoms with Gasteiger partial charge in [-0.3, -0.25) is 4.98 Å². The molecule has 2 N–H and O–H groups in total. The van der Waals surface area contributed by atoms with E-state index < -0.39 is 0 Å². The van der Waals surface area contributed by atoms with Crippen molar-refractivity contribution in [1.29, 1.82) is 0 Å². The molecule has 0 fully saturated rings. The Bertz CT molecular complexity index is 539. The highest BCUT2D eigenvalue weighted by molar-refractivity contribution is 5.46. The lowest BCUT2D eigenvalue weighted by Crippen LogP contribution is -2.08. The molecule has 0 aliphatic heterocycles. The molecule has 2 rings (SSSR count). The zero-order valence-electron chi connectivity index (χ0n) is 10.9. The molecule has 94 valence electrons. The van der Waals surface area contributed by atoms with E-state index in [1.165, 1.54) is 5.56 Å². The number of nitrogens with zero attached hydrogens (tertiary/aromatic N) is 3. The molecule has 18 heavy (non-hydrogen) atoms. The van der Waals surface area contributed by atoms with Gasteiger partial charge in [-0.15, -0.1) is 0 Å². The van der Waals surface area contributed by atoms with E-state index in [4.69, 9.17) is 0 Å². The molecule has 0 spiro atoms. The van der Waals surface area contributed by atoms with E-state index in [9.17, 15) is 0 Å². The maximum atomic E-state index is 4.37. The molecule has 0 amide bonds. The molecule has 0 atom stereocenters. The van der Waals surface area contributed by atoms with Gasteiger partial charge in [0.05, 0.1) is 12.2 Å². The van der Waals surface area contributed by atoms with Gasteiger partial charge in [0.2, 0.25) is 5.95 Å². The van der Waals surface area contributed by atoms with Crippen LogP contribution in [0.4, 0.5) is 11.8 Å². The van der Waals surface area contributed by atoms with Crippen LogP contribution in [0.3, 0.4) is 0 Å². The van der Waals surface area contributed by atoms with Gasteiger partial charge in [-0.2, -0.15) is 4.98 Å². The summed E-state index contributed by atoms with van der Waals surface area (Å²) in [6.45, 7) is 4.69. The SMILES string of the molecule is CNc1ncc(C)c(NCc2ncccc2C)n1. The average molecular weight is 243 g/mol. The van der Waals surface area contributed by atoms with Gasteiger partial charge in [0.1, 0.15) is 5.82 Å². The summed E-state index contributed by atoms with van der Waals surface area (Å²) in [5.41, 5.74) is 3.22. The minimum absolute atomic E-state index is 0.612. The van der Waals surface area contributed by atoms with Crippen molar-refractivity contribution in [2.75, 3.05) is 17.7 Å². The summed E-state index contributed by atoms with van der Waals surface area (Å²) < 4.78 is 0. The highest BCUT2D eigenvalue weighted by Crippen LogP contribution is 2.14. The quantitative estimate of drug-likeness (QED) is 0.861. The predicted octanol–water partition coefficient (Wildman–Crippen LogP) is 2.14. The minimum atomic E-state index is 0.612. The topological polar surface area (TPSA) is 62.7 Å². The van der Waals surface area contributed by atoms with Gasteiger partial charge in [0.15, 0.2) is 0 Å². The van der Waals surface area contributed by atoms with Crippen LogP contribution in [-0.2, 0) is 6.54 Å². The smallest absolute Gasteiger partial charge is 0.224 e. The molecule has 0 radical (unpaired) electrons. The molecule has 5 nitrogen and oxygen atoms in total. The van der Waals surface area contributed by atoms with Crippen LogP contribution in [-0.4, -0.2) is 22.0 Å². The van der Waals surface area contributed by atoms with E-state index >= 15 is 0 Å². The first kappa shape index (κ1) is 12.3. The summed E-state index contributed by atoms with van der Waals surface area (Å²) >= 11 is 0. The van der Waals surface area contributed by atoms with Crippen LogP contribution >= 0.6 is 0 Å². The van der Waals surface area contributed by atoms with Gasteiger partial charge >= 0.3 is 0 Å². The van der Waals surface area contributed by atoms with E-state index in [0.29, 0.717) is 12.5 Å². The van der Waals surface area contributed by atoms with Gasteiger partial charge < -0.3 is 10.6 Å². The van der Waals surface area contributed by atoms with Crippen molar-refractivity contribution in [1.82, 2.24) is 15.0 Å². The monoisotopic (exact) mass is 243 g/mol. The van der Waals surface area contributed by atoms with E-state index in [0.717, 1.165) is 17.1 Å². The number of nitrogens with one attached hydrogen (secondary N) is 2. The third-order valence-corrected chi connectivity index (χ3v) is 2.74. The molecule has 2 aromatic heterocycles. The van der Waals surface area contributed by atoms with E-state index in [1.807, 2.05) is 13.0 Å². The molecular formula is C13H17N5. The molecule has 2 aromatic rings. The number of anilines is 2. The first-order chi connectivity index (χ1) is 8.70. The number of rotatable bonds is 4. The van der Waals surface area contributed by atoms with Gasteiger partial charge in [-0.1, -0.05) is 6.07 Å². The van der Waals surface area contributed by atoms with Crippen molar-refractivity contribution in [2.45, 2.75) is 20.4 Å². The van der Waals surface area contributed by atoms with Crippen molar-refractivity contribution in [3.8, 4) is 0 Å². The number of aromatic nitrogens is 3. The second-order valence-corrected chi connectivity index (χ2v) is 4.10. The van der Waals surface area contributed by atoms with E-state index in [1.54, 1.807) is 19.4 Å². The lowest BCUT2D eigenvalue weighted by molar-refractivity contribution is 0.991. The van der Waals surface area contributed by atoms with Crippen LogP contribution in [0.15, 0.2) is 24.5 Å². The Balaban J connectivity index is 2.13. The third kappa shape index (κ3) is 2.74. The largest absolute Gasteiger partial charge is 0.364 e. The number of hydrogen-bond donors (Lipinski definition) is 2. The van der Waals surface area contributed by atoms with Gasteiger partial charge in [0, 0.05) is 25.0 Å². The molecule has 0 aromatic carbocycles. The Labute approximate surface area is 107 Å². The zero-order chi connectivity index (χ0) is 13.0. The summed E-state index contributed by atoms with van der Waals surface area (Å²) in [6, 6.07) is 3.99. The molecule has 0 saturated heterocycles. The van der Waals surface area contributed by atoms with Crippen LogP contribution in [0.5, 0.6) is 0 Å². The van der Waals surface area contributed by atoms with Crippen LogP contribution in [0, 0.1) is 13.8 Å². The van der Waals surface area contributed by atoms with Gasteiger partial charge in [0.25, 0.3) is 0 Å². The Kier molecular flexibility index (Phi) is 3.72. The van der Waals surface area contributed by atoms with E-state index in [-0.39, 0.29) is 0 Å². The summed E-state index contributed by atoms with van der Waals surface area (Å²) in [6.07, 6.45) is 3.60. The molecule has 5 heteroatoms. The van der Waals surface area contributed by atoms with Gasteiger partial charge in [-0.05, 0) is 25.5 Å². The number of hydrogen-bond acceptors (Lipinski definition) is 5. The zero-order valence-corrected chi connectivity index (χ0v) is 10.9. The Hall–Kier alpha value is -2.17. The third-order valence-electron chi connectivity index (χ3n) is 2.74. The molecule has 2 heterocycles. The lowest BCUT2D eigenvalue weighted by atomic mass is 10.2. The summed E-state index contributed by atoms with van der Waals surface area (Å²) in [5, 5.41) is 6.22. The highest BCUT2D eigenvalue weighted by Gasteiger charge is 2.04. The van der Waals surface area contributed by atoms with Crippen molar-refractivity contribution in [3.63, 3.8) is 0 Å².